The molecule has 0 fully saturated rings. The third kappa shape index (κ3) is 5.36. The monoisotopic (exact) mass is 428 g/mol. The molecular formula is C22H21FN2O4S. The number of ether oxygens (including phenoxy) is 1. The first-order valence-electron chi connectivity index (χ1n) is 9.26. The number of hydrogen-bond acceptors (Lipinski definition) is 4. The predicted molar refractivity (Wildman–Crippen MR) is 112 cm³/mol. The SMILES string of the molecule is CCOc1cccc(CNC(=O)c2cccc(S(=O)(=O)Nc3ccccc3F)c2)c1. The Labute approximate surface area is 174 Å². The second-order valence-electron chi connectivity index (χ2n) is 6.38. The molecule has 3 rings (SSSR count). The van der Waals surface area contributed by atoms with Crippen LogP contribution in [-0.4, -0.2) is 20.9 Å². The topological polar surface area (TPSA) is 84.5 Å². The first-order chi connectivity index (χ1) is 14.4. The minimum Gasteiger partial charge on any atom is -0.494 e. The number of hydrogen-bond donors (Lipinski definition) is 2. The maximum atomic E-state index is 13.8. The highest BCUT2D eigenvalue weighted by Crippen LogP contribution is 2.20. The van der Waals surface area contributed by atoms with Crippen molar-refractivity contribution in [3.05, 3.63) is 89.7 Å². The molecule has 0 aliphatic heterocycles. The van der Waals surface area contributed by atoms with Crippen molar-refractivity contribution in [3.8, 4) is 5.75 Å². The molecule has 3 aromatic rings. The molecule has 0 aliphatic carbocycles. The van der Waals surface area contributed by atoms with Crippen LogP contribution in [-0.2, 0) is 16.6 Å². The van der Waals surface area contributed by atoms with E-state index in [1.165, 1.54) is 42.5 Å². The molecule has 0 saturated heterocycles. The van der Waals surface area contributed by atoms with Crippen LogP contribution in [0.1, 0.15) is 22.8 Å². The Morgan fingerprint density at radius 1 is 1.00 bits per heavy atom. The number of benzene rings is 3. The lowest BCUT2D eigenvalue weighted by atomic mass is 10.2. The predicted octanol–water partition coefficient (Wildman–Crippen LogP) is 3.96. The van der Waals surface area contributed by atoms with E-state index in [9.17, 15) is 17.6 Å². The summed E-state index contributed by atoms with van der Waals surface area (Å²) in [5.41, 5.74) is 0.855. The Morgan fingerprint density at radius 3 is 2.53 bits per heavy atom. The standard InChI is InChI=1S/C22H21FN2O4S/c1-2-29-18-9-5-7-16(13-18)15-24-22(26)17-8-6-10-19(14-17)30(27,28)25-21-12-4-3-11-20(21)23/h3-14,25H,2,15H2,1H3,(H,24,26). The smallest absolute Gasteiger partial charge is 0.262 e. The fourth-order valence-corrected chi connectivity index (χ4v) is 3.86. The average molecular weight is 428 g/mol. The van der Waals surface area contributed by atoms with E-state index >= 15 is 0 Å². The van der Waals surface area contributed by atoms with Crippen LogP contribution in [0.2, 0.25) is 0 Å². The molecule has 1 amide bonds. The van der Waals surface area contributed by atoms with E-state index in [0.29, 0.717) is 12.4 Å². The molecule has 0 unspecified atom stereocenters. The minimum absolute atomic E-state index is 0.142. The van der Waals surface area contributed by atoms with Crippen molar-refractivity contribution < 1.29 is 22.3 Å². The largest absolute Gasteiger partial charge is 0.494 e. The number of rotatable bonds is 8. The number of sulfonamides is 1. The van der Waals surface area contributed by atoms with Crippen molar-refractivity contribution in [2.75, 3.05) is 11.3 Å². The van der Waals surface area contributed by atoms with Crippen LogP contribution < -0.4 is 14.8 Å². The van der Waals surface area contributed by atoms with Gasteiger partial charge in [-0.3, -0.25) is 9.52 Å². The summed E-state index contributed by atoms with van der Waals surface area (Å²) in [4.78, 5) is 12.4. The molecule has 0 bridgehead atoms. The number of anilines is 1. The second kappa shape index (κ2) is 9.41. The lowest BCUT2D eigenvalue weighted by molar-refractivity contribution is 0.0950. The van der Waals surface area contributed by atoms with Crippen molar-refractivity contribution in [2.45, 2.75) is 18.4 Å². The van der Waals surface area contributed by atoms with Gasteiger partial charge in [0.2, 0.25) is 0 Å². The van der Waals surface area contributed by atoms with Crippen molar-refractivity contribution in [2.24, 2.45) is 0 Å². The lowest BCUT2D eigenvalue weighted by Gasteiger charge is -2.11. The van der Waals surface area contributed by atoms with Crippen molar-refractivity contribution >= 4 is 21.6 Å². The normalized spacial score (nSPS) is 11.0. The molecule has 30 heavy (non-hydrogen) atoms. The third-order valence-corrected chi connectivity index (χ3v) is 5.55. The van der Waals surface area contributed by atoms with Gasteiger partial charge >= 0.3 is 0 Å². The van der Waals surface area contributed by atoms with Gasteiger partial charge in [-0.25, -0.2) is 12.8 Å². The molecule has 0 aromatic heterocycles. The van der Waals surface area contributed by atoms with E-state index < -0.39 is 21.7 Å². The number of amides is 1. The van der Waals surface area contributed by atoms with Crippen molar-refractivity contribution in [1.82, 2.24) is 5.32 Å². The van der Waals surface area contributed by atoms with Crippen LogP contribution >= 0.6 is 0 Å². The van der Waals surface area contributed by atoms with E-state index in [0.717, 1.165) is 11.6 Å². The maximum Gasteiger partial charge on any atom is 0.262 e. The van der Waals surface area contributed by atoms with Gasteiger partial charge in [0.15, 0.2) is 0 Å². The molecule has 2 N–H and O–H groups in total. The van der Waals surface area contributed by atoms with Gasteiger partial charge in [0.05, 0.1) is 17.2 Å². The minimum atomic E-state index is -4.06. The Kier molecular flexibility index (Phi) is 6.68. The number of para-hydroxylation sites is 1. The van der Waals surface area contributed by atoms with Crippen LogP contribution in [0.3, 0.4) is 0 Å². The molecule has 0 radical (unpaired) electrons. The van der Waals surface area contributed by atoms with Crippen LogP contribution in [0.25, 0.3) is 0 Å². The van der Waals surface area contributed by atoms with Gasteiger partial charge in [0.1, 0.15) is 11.6 Å². The van der Waals surface area contributed by atoms with Gasteiger partial charge in [-0.1, -0.05) is 30.3 Å². The van der Waals surface area contributed by atoms with E-state index in [2.05, 4.69) is 10.0 Å². The summed E-state index contributed by atoms with van der Waals surface area (Å²) in [6, 6.07) is 18.3. The molecule has 0 aliphatic rings. The quantitative estimate of drug-likeness (QED) is 0.569. The van der Waals surface area contributed by atoms with E-state index in [1.54, 1.807) is 0 Å². The Bertz CT molecular complexity index is 1150. The molecular weight excluding hydrogens is 407 g/mol. The summed E-state index contributed by atoms with van der Waals surface area (Å²) in [7, 11) is -4.06. The summed E-state index contributed by atoms with van der Waals surface area (Å²) < 4.78 is 46.6. The molecule has 0 saturated carbocycles. The van der Waals surface area contributed by atoms with Gasteiger partial charge < -0.3 is 10.1 Å². The molecule has 0 atom stereocenters. The summed E-state index contributed by atoms with van der Waals surface area (Å²) in [6.45, 7) is 2.68. The summed E-state index contributed by atoms with van der Waals surface area (Å²) in [5.74, 6) is -0.416. The second-order valence-corrected chi connectivity index (χ2v) is 8.06. The number of carbonyl (C=O) groups is 1. The fraction of sp³-hybridized carbons (Fsp3) is 0.136. The highest BCUT2D eigenvalue weighted by molar-refractivity contribution is 7.92. The zero-order chi connectivity index (χ0) is 21.6. The zero-order valence-corrected chi connectivity index (χ0v) is 17.1. The highest BCUT2D eigenvalue weighted by atomic mass is 32.2. The molecule has 3 aromatic carbocycles. The average Bonchev–Trinajstić information content (AvgIpc) is 2.74. The van der Waals surface area contributed by atoms with Crippen LogP contribution in [0.15, 0.2) is 77.7 Å². The molecule has 6 nitrogen and oxygen atoms in total. The van der Waals surface area contributed by atoms with Gasteiger partial charge in [-0.15, -0.1) is 0 Å². The van der Waals surface area contributed by atoms with E-state index in [4.69, 9.17) is 4.74 Å². The van der Waals surface area contributed by atoms with Crippen LogP contribution in [0.5, 0.6) is 5.75 Å². The zero-order valence-electron chi connectivity index (χ0n) is 16.3. The van der Waals surface area contributed by atoms with E-state index in [-0.39, 0.29) is 22.7 Å². The maximum absolute atomic E-state index is 13.8. The van der Waals surface area contributed by atoms with Crippen LogP contribution in [0.4, 0.5) is 10.1 Å². The highest BCUT2D eigenvalue weighted by Gasteiger charge is 2.18. The fourth-order valence-electron chi connectivity index (χ4n) is 2.75. The van der Waals surface area contributed by atoms with Crippen molar-refractivity contribution in [3.63, 3.8) is 0 Å². The molecule has 8 heteroatoms. The lowest BCUT2D eigenvalue weighted by Crippen LogP contribution is -2.23. The van der Waals surface area contributed by atoms with E-state index in [1.807, 2.05) is 31.2 Å². The summed E-state index contributed by atoms with van der Waals surface area (Å²) in [5, 5.41) is 2.75. The summed E-state index contributed by atoms with van der Waals surface area (Å²) in [6.07, 6.45) is 0. The summed E-state index contributed by atoms with van der Waals surface area (Å²) >= 11 is 0. The third-order valence-electron chi connectivity index (χ3n) is 4.19. The number of halogens is 1. The van der Waals surface area contributed by atoms with Crippen molar-refractivity contribution in [1.29, 1.82) is 0 Å². The first kappa shape index (κ1) is 21.3. The van der Waals surface area contributed by atoms with Crippen LogP contribution in [0, 0.1) is 5.82 Å². The molecule has 0 heterocycles. The molecule has 156 valence electrons. The number of nitrogens with one attached hydrogen (secondary N) is 2. The van der Waals surface area contributed by atoms with Gasteiger partial charge in [-0.2, -0.15) is 0 Å². The Hall–Kier alpha value is -3.39. The van der Waals surface area contributed by atoms with Gasteiger partial charge in [0.25, 0.3) is 15.9 Å². The Morgan fingerprint density at radius 2 is 1.77 bits per heavy atom. The Balaban J connectivity index is 1.72. The first-order valence-corrected chi connectivity index (χ1v) is 10.7. The molecule has 0 spiro atoms. The van der Waals surface area contributed by atoms with Gasteiger partial charge in [0, 0.05) is 12.1 Å². The van der Waals surface area contributed by atoms with Gasteiger partial charge in [-0.05, 0) is 55.0 Å². The number of carbonyl (C=O) groups excluding carboxylic acids is 1.